The number of nitrogens with one attached hydrogen (secondary N) is 1. The van der Waals surface area contributed by atoms with Gasteiger partial charge in [-0.15, -0.1) is 0 Å². The minimum absolute atomic E-state index is 0.00552. The van der Waals surface area contributed by atoms with E-state index in [0.29, 0.717) is 24.1 Å². The molecular weight excluding hydrogens is 388 g/mol. The summed E-state index contributed by atoms with van der Waals surface area (Å²) in [5.74, 6) is -0.392. The van der Waals surface area contributed by atoms with Gasteiger partial charge < -0.3 is 19.8 Å². The van der Waals surface area contributed by atoms with Crippen LogP contribution >= 0.6 is 0 Å². The van der Waals surface area contributed by atoms with Crippen molar-refractivity contribution in [2.45, 2.75) is 33.2 Å². The number of furan rings is 1. The number of hydrogen-bond acceptors (Lipinski definition) is 6. The fourth-order valence-electron chi connectivity index (χ4n) is 3.41. The largest absolute Gasteiger partial charge is 0.464 e. The number of ether oxygens (including phenoxy) is 1. The van der Waals surface area contributed by atoms with Crippen LogP contribution in [-0.4, -0.2) is 35.7 Å². The van der Waals surface area contributed by atoms with Gasteiger partial charge in [0.25, 0.3) is 5.56 Å². The maximum absolute atomic E-state index is 13.2. The van der Waals surface area contributed by atoms with E-state index in [1.54, 1.807) is 6.26 Å². The van der Waals surface area contributed by atoms with Crippen molar-refractivity contribution in [2.75, 3.05) is 30.9 Å². The number of hydrogen-bond donors (Lipinski definition) is 2. The number of nitrogens with zero attached hydrogens (tertiary/aromatic N) is 2. The Labute approximate surface area is 173 Å². The van der Waals surface area contributed by atoms with Gasteiger partial charge in [0.1, 0.15) is 11.4 Å². The number of rotatable bonds is 8. The molecule has 0 aliphatic heterocycles. The number of fused-ring (bicyclic) bond motifs is 1. The number of carbonyl (C=O) groups excluding carboxylic acids is 1. The molecule has 2 aromatic heterocycles. The van der Waals surface area contributed by atoms with Crippen LogP contribution in [-0.2, 0) is 22.5 Å². The number of amides is 1. The molecule has 3 N–H and O–H groups in total. The lowest BCUT2D eigenvalue weighted by Gasteiger charge is -2.24. The van der Waals surface area contributed by atoms with E-state index in [1.807, 2.05) is 32.0 Å². The van der Waals surface area contributed by atoms with Gasteiger partial charge in [0.05, 0.1) is 19.3 Å². The molecule has 0 bridgehead atoms. The summed E-state index contributed by atoms with van der Waals surface area (Å²) in [6.07, 6.45) is 2.19. The van der Waals surface area contributed by atoms with Gasteiger partial charge in [-0.25, -0.2) is 4.79 Å². The van der Waals surface area contributed by atoms with E-state index in [1.165, 1.54) is 16.6 Å². The summed E-state index contributed by atoms with van der Waals surface area (Å²) in [5, 5.41) is 0.832. The number of aromatic nitrogens is 2. The zero-order valence-corrected chi connectivity index (χ0v) is 17.4. The van der Waals surface area contributed by atoms with E-state index < -0.39 is 11.2 Å². The quantitative estimate of drug-likeness (QED) is 0.579. The number of nitrogen functional groups attached to an aromatic ring is 1. The first-order valence-electron chi connectivity index (χ1n) is 9.76. The highest BCUT2D eigenvalue weighted by Gasteiger charge is 2.25. The van der Waals surface area contributed by atoms with Crippen LogP contribution in [0.3, 0.4) is 0 Å². The third-order valence-corrected chi connectivity index (χ3v) is 4.90. The van der Waals surface area contributed by atoms with Gasteiger partial charge in [-0.1, -0.05) is 19.1 Å². The highest BCUT2D eigenvalue weighted by atomic mass is 16.5. The fraction of sp³-hybridized carbons (Fsp3) is 0.381. The smallest absolute Gasteiger partial charge is 0.330 e. The average molecular weight is 414 g/mol. The lowest BCUT2D eigenvalue weighted by atomic mass is 10.1. The predicted octanol–water partition coefficient (Wildman–Crippen LogP) is 1.81. The molecule has 0 fully saturated rings. The summed E-state index contributed by atoms with van der Waals surface area (Å²) < 4.78 is 12.0. The topological polar surface area (TPSA) is 124 Å². The first-order chi connectivity index (χ1) is 14.4. The molecule has 30 heavy (non-hydrogen) atoms. The summed E-state index contributed by atoms with van der Waals surface area (Å²) in [6.45, 7) is 4.48. The molecule has 0 aliphatic carbocycles. The maximum Gasteiger partial charge on any atom is 0.330 e. The SMILES string of the molecule is CCCn1c(N)c(N(CCOC)C(=O)Cc2coc3cc(C)ccc23)c(=O)[nH]c1=O. The normalized spacial score (nSPS) is 11.2. The van der Waals surface area contributed by atoms with Gasteiger partial charge in [0, 0.05) is 31.1 Å². The number of aromatic amines is 1. The molecule has 0 saturated heterocycles. The van der Waals surface area contributed by atoms with Crippen LogP contribution < -0.4 is 21.9 Å². The van der Waals surface area contributed by atoms with Crippen molar-refractivity contribution >= 4 is 28.4 Å². The van der Waals surface area contributed by atoms with Crippen LogP contribution in [0.15, 0.2) is 38.5 Å². The average Bonchev–Trinajstić information content (AvgIpc) is 3.09. The van der Waals surface area contributed by atoms with Gasteiger partial charge in [0.15, 0.2) is 5.69 Å². The van der Waals surface area contributed by atoms with E-state index in [9.17, 15) is 14.4 Å². The Bertz CT molecular complexity index is 1170. The van der Waals surface area contributed by atoms with Crippen LogP contribution in [0.1, 0.15) is 24.5 Å². The van der Waals surface area contributed by atoms with Crippen molar-refractivity contribution in [3.05, 3.63) is 56.4 Å². The van der Waals surface area contributed by atoms with Gasteiger partial charge in [-0.05, 0) is 25.0 Å². The van der Waals surface area contributed by atoms with Gasteiger partial charge in [0.2, 0.25) is 5.91 Å². The van der Waals surface area contributed by atoms with Crippen LogP contribution in [0.4, 0.5) is 11.5 Å². The van der Waals surface area contributed by atoms with Crippen LogP contribution in [0.2, 0.25) is 0 Å². The van der Waals surface area contributed by atoms with Crippen LogP contribution in [0.5, 0.6) is 0 Å². The molecule has 0 atom stereocenters. The summed E-state index contributed by atoms with van der Waals surface area (Å²) in [4.78, 5) is 41.5. The van der Waals surface area contributed by atoms with Crippen molar-refractivity contribution in [3.63, 3.8) is 0 Å². The summed E-state index contributed by atoms with van der Waals surface area (Å²) in [7, 11) is 1.50. The van der Waals surface area contributed by atoms with Crippen LogP contribution in [0.25, 0.3) is 11.0 Å². The summed E-state index contributed by atoms with van der Waals surface area (Å²) in [5.41, 5.74) is 7.24. The van der Waals surface area contributed by atoms with E-state index in [0.717, 1.165) is 10.9 Å². The Kier molecular flexibility index (Phi) is 6.41. The van der Waals surface area contributed by atoms with Crippen molar-refractivity contribution in [1.82, 2.24) is 9.55 Å². The highest BCUT2D eigenvalue weighted by molar-refractivity contribution is 5.98. The standard InChI is InChI=1S/C21H26N4O5/c1-4-7-25-19(22)18(20(27)23-21(25)28)24(8-9-29-3)17(26)11-14-12-30-16-10-13(2)5-6-15(14)16/h5-6,10,12H,4,7-9,11,22H2,1-3H3,(H,23,27,28). The molecule has 0 radical (unpaired) electrons. The second kappa shape index (κ2) is 9.00. The number of benzene rings is 1. The van der Waals surface area contributed by atoms with Gasteiger partial charge in [-0.2, -0.15) is 0 Å². The Hall–Kier alpha value is -3.33. The molecule has 0 aliphatic rings. The number of nitrogens with two attached hydrogens (primary N) is 1. The molecule has 9 heteroatoms. The molecule has 1 aromatic carbocycles. The second-order valence-corrected chi connectivity index (χ2v) is 7.12. The molecule has 1 amide bonds. The third kappa shape index (κ3) is 4.16. The lowest BCUT2D eigenvalue weighted by Crippen LogP contribution is -2.43. The monoisotopic (exact) mass is 414 g/mol. The molecule has 0 unspecified atom stereocenters. The van der Waals surface area contributed by atoms with E-state index in [2.05, 4.69) is 4.98 Å². The lowest BCUT2D eigenvalue weighted by molar-refractivity contribution is -0.118. The maximum atomic E-state index is 13.2. The van der Waals surface area contributed by atoms with E-state index in [4.69, 9.17) is 14.9 Å². The Morgan fingerprint density at radius 3 is 2.80 bits per heavy atom. The minimum atomic E-state index is -0.706. The fourth-order valence-corrected chi connectivity index (χ4v) is 3.41. The van der Waals surface area contributed by atoms with E-state index >= 15 is 0 Å². The Morgan fingerprint density at radius 2 is 2.10 bits per heavy atom. The molecule has 3 rings (SSSR count). The highest BCUT2D eigenvalue weighted by Crippen LogP contribution is 2.24. The van der Waals surface area contributed by atoms with Crippen molar-refractivity contribution in [2.24, 2.45) is 0 Å². The molecule has 0 saturated carbocycles. The minimum Gasteiger partial charge on any atom is -0.464 e. The van der Waals surface area contributed by atoms with E-state index in [-0.39, 0.29) is 37.0 Å². The molecule has 3 aromatic rings. The molecule has 160 valence electrons. The number of carbonyl (C=O) groups is 1. The zero-order valence-electron chi connectivity index (χ0n) is 17.4. The van der Waals surface area contributed by atoms with Crippen LogP contribution in [0, 0.1) is 6.92 Å². The van der Waals surface area contributed by atoms with Gasteiger partial charge in [-0.3, -0.25) is 19.1 Å². The van der Waals surface area contributed by atoms with Crippen molar-refractivity contribution < 1.29 is 13.9 Å². The Balaban J connectivity index is 2.02. The number of H-pyrrole nitrogens is 1. The molecule has 2 heterocycles. The Morgan fingerprint density at radius 1 is 1.33 bits per heavy atom. The number of anilines is 2. The second-order valence-electron chi connectivity index (χ2n) is 7.12. The van der Waals surface area contributed by atoms with Crippen molar-refractivity contribution in [3.8, 4) is 0 Å². The molecular formula is C21H26N4O5. The summed E-state index contributed by atoms with van der Waals surface area (Å²) in [6, 6.07) is 5.74. The molecule has 9 nitrogen and oxygen atoms in total. The number of aryl methyl sites for hydroxylation is 1. The summed E-state index contributed by atoms with van der Waals surface area (Å²) >= 11 is 0. The first-order valence-corrected chi connectivity index (χ1v) is 9.76. The van der Waals surface area contributed by atoms with Gasteiger partial charge >= 0.3 is 5.69 Å². The predicted molar refractivity (Wildman–Crippen MR) is 115 cm³/mol. The molecule has 0 spiro atoms. The van der Waals surface area contributed by atoms with Crippen molar-refractivity contribution in [1.29, 1.82) is 0 Å². The third-order valence-electron chi connectivity index (χ3n) is 4.90. The number of methoxy groups -OCH3 is 1. The zero-order chi connectivity index (χ0) is 21.8. The first kappa shape index (κ1) is 21.4.